The number of ether oxygens (including phenoxy) is 1. The molecule has 146 valence electrons. The van der Waals surface area contributed by atoms with E-state index in [4.69, 9.17) is 20.4 Å². The van der Waals surface area contributed by atoms with Crippen molar-refractivity contribution in [3.8, 4) is 11.4 Å². The van der Waals surface area contributed by atoms with Crippen LogP contribution in [0.4, 0.5) is 16.3 Å². The molecule has 1 aliphatic heterocycles. The number of amides is 2. The van der Waals surface area contributed by atoms with Crippen molar-refractivity contribution in [1.82, 2.24) is 9.97 Å². The van der Waals surface area contributed by atoms with Gasteiger partial charge in [-0.15, -0.1) is 0 Å². The second-order valence-corrected chi connectivity index (χ2v) is 7.83. The molecule has 0 spiro atoms. The van der Waals surface area contributed by atoms with Gasteiger partial charge in [0.1, 0.15) is 5.82 Å². The Labute approximate surface area is 164 Å². The Hall–Kier alpha value is -2.67. The summed E-state index contributed by atoms with van der Waals surface area (Å²) in [4.78, 5) is 25.4. The molecule has 7 heteroatoms. The van der Waals surface area contributed by atoms with Gasteiger partial charge in [0.2, 0.25) is 0 Å². The molecule has 7 nitrogen and oxygen atoms in total. The van der Waals surface area contributed by atoms with Crippen LogP contribution >= 0.6 is 0 Å². The van der Waals surface area contributed by atoms with Gasteiger partial charge in [0, 0.05) is 48.1 Å². The van der Waals surface area contributed by atoms with Crippen molar-refractivity contribution in [2.24, 2.45) is 5.73 Å². The van der Waals surface area contributed by atoms with Crippen LogP contribution < -0.4 is 15.5 Å². The summed E-state index contributed by atoms with van der Waals surface area (Å²) in [7, 11) is 0. The number of morpholine rings is 1. The van der Waals surface area contributed by atoms with Gasteiger partial charge >= 0.3 is 6.03 Å². The van der Waals surface area contributed by atoms with Crippen LogP contribution in [0.1, 0.15) is 37.3 Å². The van der Waals surface area contributed by atoms with Gasteiger partial charge in [-0.1, -0.05) is 0 Å². The van der Waals surface area contributed by atoms with E-state index in [1.807, 2.05) is 24.3 Å². The van der Waals surface area contributed by atoms with Crippen LogP contribution in [0.5, 0.6) is 0 Å². The number of hydrogen-bond acceptors (Lipinski definition) is 5. The molecular weight excluding hydrogens is 354 g/mol. The van der Waals surface area contributed by atoms with E-state index in [1.54, 1.807) is 4.90 Å². The minimum atomic E-state index is -0.392. The lowest BCUT2D eigenvalue weighted by Gasteiger charge is -2.28. The normalized spacial score (nSPS) is 19.5. The summed E-state index contributed by atoms with van der Waals surface area (Å²) in [5.74, 6) is 2.28. The Morgan fingerprint density at radius 2 is 1.79 bits per heavy atom. The summed E-state index contributed by atoms with van der Waals surface area (Å²) in [6.07, 6.45) is 4.43. The van der Waals surface area contributed by atoms with Crippen molar-refractivity contribution in [1.29, 1.82) is 0 Å². The maximum Gasteiger partial charge on any atom is 0.319 e. The highest BCUT2D eigenvalue weighted by molar-refractivity contribution is 5.92. The zero-order valence-corrected chi connectivity index (χ0v) is 15.9. The predicted octanol–water partition coefficient (Wildman–Crippen LogP) is 2.91. The van der Waals surface area contributed by atoms with Crippen LogP contribution in [0, 0.1) is 0 Å². The number of hydrogen-bond donors (Lipinski definition) is 1. The molecule has 2 heterocycles. The third-order valence-electron chi connectivity index (χ3n) is 5.62. The zero-order chi connectivity index (χ0) is 19.1. The number of carbonyl (C=O) groups is 1. The Kier molecular flexibility index (Phi) is 4.39. The molecule has 5 rings (SSSR count). The largest absolute Gasteiger partial charge is 0.378 e. The second kappa shape index (κ2) is 7.05. The van der Waals surface area contributed by atoms with Crippen molar-refractivity contribution in [3.05, 3.63) is 36.0 Å². The molecule has 3 fully saturated rings. The zero-order valence-electron chi connectivity index (χ0n) is 15.9. The molecule has 3 aliphatic rings. The summed E-state index contributed by atoms with van der Waals surface area (Å²) >= 11 is 0. The third-order valence-corrected chi connectivity index (χ3v) is 5.62. The van der Waals surface area contributed by atoms with Crippen LogP contribution in [0.3, 0.4) is 0 Å². The molecule has 0 unspecified atom stereocenters. The molecule has 1 aromatic heterocycles. The first kappa shape index (κ1) is 17.4. The molecule has 2 amide bonds. The summed E-state index contributed by atoms with van der Waals surface area (Å²) in [6.45, 7) is 3.18. The molecule has 28 heavy (non-hydrogen) atoms. The molecule has 2 saturated carbocycles. The van der Waals surface area contributed by atoms with E-state index < -0.39 is 6.03 Å². The minimum Gasteiger partial charge on any atom is -0.378 e. The monoisotopic (exact) mass is 379 g/mol. The van der Waals surface area contributed by atoms with Gasteiger partial charge < -0.3 is 15.4 Å². The average Bonchev–Trinajstić information content (AvgIpc) is 3.63. The van der Waals surface area contributed by atoms with Crippen LogP contribution in [0.25, 0.3) is 11.4 Å². The fraction of sp³-hybridized carbons (Fsp3) is 0.476. The molecule has 2 aromatic rings. The molecule has 2 aliphatic carbocycles. The highest BCUT2D eigenvalue weighted by Crippen LogP contribution is 2.40. The van der Waals surface area contributed by atoms with Gasteiger partial charge in [-0.3, -0.25) is 4.90 Å². The molecule has 2 N–H and O–H groups in total. The van der Waals surface area contributed by atoms with Crippen LogP contribution in [-0.2, 0) is 4.74 Å². The first-order valence-corrected chi connectivity index (χ1v) is 10.1. The van der Waals surface area contributed by atoms with Crippen molar-refractivity contribution in [2.75, 3.05) is 36.1 Å². The van der Waals surface area contributed by atoms with E-state index in [2.05, 4.69) is 11.0 Å². The number of primary amides is 1. The fourth-order valence-corrected chi connectivity index (χ4v) is 3.75. The van der Waals surface area contributed by atoms with Crippen molar-refractivity contribution in [3.63, 3.8) is 0 Å². The lowest BCUT2D eigenvalue weighted by Crippen LogP contribution is -2.37. The van der Waals surface area contributed by atoms with Gasteiger partial charge in [-0.2, -0.15) is 0 Å². The van der Waals surface area contributed by atoms with Crippen molar-refractivity contribution < 1.29 is 9.53 Å². The van der Waals surface area contributed by atoms with Crippen LogP contribution in [0.15, 0.2) is 30.3 Å². The molecule has 0 radical (unpaired) electrons. The van der Waals surface area contributed by atoms with E-state index >= 15 is 0 Å². The van der Waals surface area contributed by atoms with E-state index in [1.165, 1.54) is 12.8 Å². The molecule has 1 saturated heterocycles. The quantitative estimate of drug-likeness (QED) is 0.863. The fourth-order valence-electron chi connectivity index (χ4n) is 3.75. The highest BCUT2D eigenvalue weighted by Gasteiger charge is 2.32. The Bertz CT molecular complexity index is 871. The van der Waals surface area contributed by atoms with Gasteiger partial charge in [-0.25, -0.2) is 14.8 Å². The van der Waals surface area contributed by atoms with Crippen LogP contribution in [0.2, 0.25) is 0 Å². The van der Waals surface area contributed by atoms with E-state index in [-0.39, 0.29) is 6.04 Å². The van der Waals surface area contributed by atoms with Gasteiger partial charge in [0.25, 0.3) is 0 Å². The summed E-state index contributed by atoms with van der Waals surface area (Å²) in [5, 5.41) is 0. The van der Waals surface area contributed by atoms with E-state index in [9.17, 15) is 4.79 Å². The van der Waals surface area contributed by atoms with Crippen molar-refractivity contribution >= 4 is 17.5 Å². The smallest absolute Gasteiger partial charge is 0.319 e. The maximum atomic E-state index is 11.8. The Balaban J connectivity index is 1.46. The first-order valence-electron chi connectivity index (χ1n) is 10.1. The number of rotatable bonds is 5. The number of nitrogens with zero attached hydrogens (tertiary/aromatic N) is 4. The van der Waals surface area contributed by atoms with Crippen molar-refractivity contribution in [2.45, 2.75) is 37.6 Å². The molecule has 0 bridgehead atoms. The minimum absolute atomic E-state index is 0.241. The van der Waals surface area contributed by atoms with Crippen LogP contribution in [-0.4, -0.2) is 48.3 Å². The summed E-state index contributed by atoms with van der Waals surface area (Å²) in [6, 6.07) is 9.86. The average molecular weight is 379 g/mol. The van der Waals surface area contributed by atoms with Gasteiger partial charge in [-0.05, 0) is 49.9 Å². The summed E-state index contributed by atoms with van der Waals surface area (Å²) in [5.41, 5.74) is 8.50. The number of carbonyl (C=O) groups excluding carboxylic acids is 1. The Morgan fingerprint density at radius 3 is 2.39 bits per heavy atom. The number of aromatic nitrogens is 2. The first-order chi connectivity index (χ1) is 13.7. The van der Waals surface area contributed by atoms with E-state index in [0.717, 1.165) is 67.7 Å². The lowest BCUT2D eigenvalue weighted by atomic mass is 10.1. The van der Waals surface area contributed by atoms with Gasteiger partial charge in [0.05, 0.1) is 13.2 Å². The number of nitrogens with two attached hydrogens (primary N) is 1. The molecule has 0 atom stereocenters. The van der Waals surface area contributed by atoms with E-state index in [0.29, 0.717) is 5.92 Å². The number of urea groups is 1. The van der Waals surface area contributed by atoms with Gasteiger partial charge in [0.15, 0.2) is 5.82 Å². The SMILES string of the molecule is NC(=O)N(c1ccc(-c2nc(C3CC3)cc(N3CCOCC3)n2)cc1)C1CC1. The standard InChI is InChI=1S/C21H25N5O2/c22-21(27)26(17-7-8-17)16-5-3-15(4-6-16)20-23-18(14-1-2-14)13-19(24-20)25-9-11-28-12-10-25/h3-6,13-14,17H,1-2,7-12H2,(H2,22,27). The predicted molar refractivity (Wildman–Crippen MR) is 108 cm³/mol. The lowest BCUT2D eigenvalue weighted by molar-refractivity contribution is 0.122. The number of anilines is 2. The second-order valence-electron chi connectivity index (χ2n) is 7.83. The molecular formula is C21H25N5O2. The summed E-state index contributed by atoms with van der Waals surface area (Å²) < 4.78 is 5.48. The Morgan fingerprint density at radius 1 is 1.07 bits per heavy atom. The third kappa shape index (κ3) is 3.54. The number of benzene rings is 1. The topological polar surface area (TPSA) is 84.6 Å². The highest BCUT2D eigenvalue weighted by atomic mass is 16.5. The molecule has 1 aromatic carbocycles. The maximum absolute atomic E-state index is 11.8.